The first-order chi connectivity index (χ1) is 21.8. The number of pyridine rings is 2. The molecular formula is C34H31ClF2N4O5. The Morgan fingerprint density at radius 3 is 2.54 bits per heavy atom. The molecule has 2 saturated carbocycles. The van der Waals surface area contributed by atoms with Crippen molar-refractivity contribution in [2.24, 2.45) is 5.73 Å². The summed E-state index contributed by atoms with van der Waals surface area (Å²) < 4.78 is 42.0. The van der Waals surface area contributed by atoms with Gasteiger partial charge in [-0.1, -0.05) is 11.6 Å². The van der Waals surface area contributed by atoms with Gasteiger partial charge in [-0.25, -0.2) is 18.7 Å². The molecule has 46 heavy (non-hydrogen) atoms. The molecule has 3 heterocycles. The third kappa shape index (κ3) is 5.02. The zero-order chi connectivity index (χ0) is 32.6. The van der Waals surface area contributed by atoms with Gasteiger partial charge in [0.2, 0.25) is 5.91 Å². The van der Waals surface area contributed by atoms with Crippen molar-refractivity contribution in [1.29, 1.82) is 0 Å². The van der Waals surface area contributed by atoms with E-state index in [1.807, 2.05) is 0 Å². The van der Waals surface area contributed by atoms with Crippen LogP contribution in [0.25, 0.3) is 22.2 Å². The summed E-state index contributed by atoms with van der Waals surface area (Å²) in [5.41, 5.74) is 2.23. The molecule has 2 aromatic carbocycles. The lowest BCUT2D eigenvalue weighted by Crippen LogP contribution is -2.49. The van der Waals surface area contributed by atoms with Crippen molar-refractivity contribution in [1.82, 2.24) is 15.3 Å². The maximum Gasteiger partial charge on any atom is 0.251 e. The number of aliphatic hydroxyl groups is 1. The zero-order valence-electron chi connectivity index (χ0n) is 25.1. The van der Waals surface area contributed by atoms with Gasteiger partial charge >= 0.3 is 0 Å². The van der Waals surface area contributed by atoms with Crippen molar-refractivity contribution in [3.8, 4) is 22.8 Å². The number of aryl methyl sites for hydroxylation is 1. The van der Waals surface area contributed by atoms with Crippen LogP contribution in [0.1, 0.15) is 59.9 Å². The number of nitrogens with two attached hydrogens (primary N) is 1. The normalized spacial score (nSPS) is 20.8. The van der Waals surface area contributed by atoms with Gasteiger partial charge in [0.25, 0.3) is 5.91 Å². The molecule has 1 aliphatic heterocycles. The Hall–Kier alpha value is -4.35. The van der Waals surface area contributed by atoms with Crippen LogP contribution in [0.2, 0.25) is 5.02 Å². The molecule has 238 valence electrons. The number of benzene rings is 2. The van der Waals surface area contributed by atoms with Crippen LogP contribution in [0.5, 0.6) is 11.5 Å². The van der Waals surface area contributed by atoms with Crippen molar-refractivity contribution in [2.45, 2.75) is 62.3 Å². The second kappa shape index (κ2) is 10.6. The first-order valence-electron chi connectivity index (χ1n) is 15.0. The summed E-state index contributed by atoms with van der Waals surface area (Å²) in [6.45, 7) is 2.72. The average Bonchev–Trinajstić information content (AvgIpc) is 3.96. The summed E-state index contributed by atoms with van der Waals surface area (Å²) in [5, 5.41) is 15.8. The molecule has 4 aromatic rings. The number of carbonyl (C=O) groups is 2. The number of hydrogen-bond donors (Lipinski definition) is 3. The van der Waals surface area contributed by atoms with Gasteiger partial charge in [0.05, 0.1) is 29.1 Å². The molecule has 0 radical (unpaired) electrons. The molecule has 9 nitrogen and oxygen atoms in total. The maximum atomic E-state index is 16.2. The van der Waals surface area contributed by atoms with E-state index in [9.17, 15) is 19.1 Å². The third-order valence-corrected chi connectivity index (χ3v) is 9.57. The molecule has 4 N–H and O–H groups in total. The number of hydrogen-bond acceptors (Lipinski definition) is 7. The summed E-state index contributed by atoms with van der Waals surface area (Å²) in [6, 6.07) is 11.7. The standard InChI is InChI=1S/C34H31ClF2N4O5/c1-17-24(35)12-19-11-20(13-25(27(19)40-17)46-22-7-8-22)30(42)39-15-34(44,33(37)9-10-33)26-14-23-29(45-16-32(23,2)31(38)43)28(41-26)18-3-5-21(36)6-4-18/h3-6,11-14,22,44H,7-10,15-16H2,1-2H3,(H2,38,43)(H,39,42)/t32-,34?/m0/s1. The first kappa shape index (κ1) is 30.3. The van der Waals surface area contributed by atoms with Crippen molar-refractivity contribution in [3.05, 3.63) is 81.9 Å². The topological polar surface area (TPSA) is 137 Å². The Balaban J connectivity index is 1.28. The molecular weight excluding hydrogens is 618 g/mol. The van der Waals surface area contributed by atoms with E-state index < -0.39 is 40.9 Å². The van der Waals surface area contributed by atoms with Gasteiger partial charge in [0, 0.05) is 22.1 Å². The zero-order valence-corrected chi connectivity index (χ0v) is 25.9. The lowest BCUT2D eigenvalue weighted by atomic mass is 9.80. The number of nitrogens with zero attached hydrogens (tertiary/aromatic N) is 2. The van der Waals surface area contributed by atoms with Gasteiger partial charge in [-0.15, -0.1) is 0 Å². The summed E-state index contributed by atoms with van der Waals surface area (Å²) in [4.78, 5) is 35.4. The molecule has 0 saturated heterocycles. The average molecular weight is 649 g/mol. The summed E-state index contributed by atoms with van der Waals surface area (Å²) in [7, 11) is 0. The molecule has 2 fully saturated rings. The van der Waals surface area contributed by atoms with E-state index in [1.54, 1.807) is 32.0 Å². The van der Waals surface area contributed by atoms with E-state index >= 15 is 4.39 Å². The van der Waals surface area contributed by atoms with Gasteiger partial charge in [0.1, 0.15) is 46.2 Å². The number of halogens is 3. The molecule has 3 aliphatic rings. The number of carbonyl (C=O) groups excluding carboxylic acids is 2. The van der Waals surface area contributed by atoms with E-state index in [1.165, 1.54) is 30.3 Å². The number of primary amides is 1. The molecule has 2 aliphatic carbocycles. The van der Waals surface area contributed by atoms with E-state index in [2.05, 4.69) is 15.3 Å². The van der Waals surface area contributed by atoms with Gasteiger partial charge in [-0.05, 0) is 88.1 Å². The molecule has 7 rings (SSSR count). The molecule has 2 atom stereocenters. The SMILES string of the molecule is Cc1nc2c(OC3CC3)cc(C(=O)NCC(O)(c3cc4c(c(-c5ccc(F)cc5)n3)OC[C@]4(C)C(N)=O)C3(F)CC3)cc2cc1Cl. The fourth-order valence-electron chi connectivity index (χ4n) is 5.82. The molecule has 0 spiro atoms. The van der Waals surface area contributed by atoms with Crippen LogP contribution in [0, 0.1) is 12.7 Å². The highest BCUT2D eigenvalue weighted by atomic mass is 35.5. The highest BCUT2D eigenvalue weighted by molar-refractivity contribution is 6.31. The van der Waals surface area contributed by atoms with Crippen molar-refractivity contribution < 1.29 is 33.0 Å². The minimum atomic E-state index is -2.31. The van der Waals surface area contributed by atoms with Crippen LogP contribution < -0.4 is 20.5 Å². The minimum Gasteiger partial charge on any atom is -0.489 e. The number of aromatic nitrogens is 2. The number of amides is 2. The van der Waals surface area contributed by atoms with Crippen molar-refractivity contribution in [2.75, 3.05) is 13.2 Å². The van der Waals surface area contributed by atoms with Crippen LogP contribution >= 0.6 is 11.6 Å². The third-order valence-electron chi connectivity index (χ3n) is 9.18. The molecule has 0 bridgehead atoms. The van der Waals surface area contributed by atoms with Gasteiger partial charge < -0.3 is 25.6 Å². The van der Waals surface area contributed by atoms with Crippen molar-refractivity contribution in [3.63, 3.8) is 0 Å². The lowest BCUT2D eigenvalue weighted by molar-refractivity contribution is -0.123. The number of alkyl halides is 1. The van der Waals surface area contributed by atoms with Gasteiger partial charge in [-0.2, -0.15) is 0 Å². The van der Waals surface area contributed by atoms with Crippen LogP contribution in [-0.2, 0) is 15.8 Å². The van der Waals surface area contributed by atoms with E-state index in [0.717, 1.165) is 12.8 Å². The first-order valence-corrected chi connectivity index (χ1v) is 15.4. The van der Waals surface area contributed by atoms with E-state index in [4.69, 9.17) is 26.8 Å². The smallest absolute Gasteiger partial charge is 0.251 e. The number of fused-ring (bicyclic) bond motifs is 2. The van der Waals surface area contributed by atoms with E-state index in [0.29, 0.717) is 38.5 Å². The van der Waals surface area contributed by atoms with E-state index in [-0.39, 0.29) is 48.3 Å². The Kier molecular flexibility index (Phi) is 6.98. The van der Waals surface area contributed by atoms with Gasteiger partial charge in [0.15, 0.2) is 5.60 Å². The van der Waals surface area contributed by atoms with Crippen LogP contribution in [0.4, 0.5) is 8.78 Å². The summed E-state index contributed by atoms with van der Waals surface area (Å²) in [6.07, 6.45) is 1.86. The second-order valence-corrected chi connectivity index (χ2v) is 13.1. The summed E-state index contributed by atoms with van der Waals surface area (Å²) >= 11 is 6.34. The Labute approximate surface area is 268 Å². The number of ether oxygens (including phenoxy) is 2. The highest BCUT2D eigenvalue weighted by Gasteiger charge is 2.62. The predicted molar refractivity (Wildman–Crippen MR) is 166 cm³/mol. The Bertz CT molecular complexity index is 1930. The molecule has 2 amide bonds. The number of nitrogens with one attached hydrogen (secondary N) is 1. The largest absolute Gasteiger partial charge is 0.489 e. The summed E-state index contributed by atoms with van der Waals surface area (Å²) in [5.74, 6) is -1.09. The quantitative estimate of drug-likeness (QED) is 0.227. The molecule has 1 unspecified atom stereocenters. The fourth-order valence-corrected chi connectivity index (χ4v) is 5.98. The Morgan fingerprint density at radius 1 is 1.17 bits per heavy atom. The Morgan fingerprint density at radius 2 is 1.89 bits per heavy atom. The minimum absolute atomic E-state index is 0.0203. The highest BCUT2D eigenvalue weighted by Crippen LogP contribution is 2.55. The molecule has 12 heteroatoms. The number of rotatable bonds is 9. The van der Waals surface area contributed by atoms with Crippen molar-refractivity contribution >= 4 is 34.3 Å². The maximum absolute atomic E-state index is 16.2. The fraction of sp³-hybridized carbons (Fsp3) is 0.353. The van der Waals surface area contributed by atoms with Crippen LogP contribution in [-0.4, -0.2) is 51.8 Å². The van der Waals surface area contributed by atoms with Crippen LogP contribution in [0.15, 0.2) is 48.5 Å². The predicted octanol–water partition coefficient (Wildman–Crippen LogP) is 5.19. The van der Waals surface area contributed by atoms with Gasteiger partial charge in [-0.3, -0.25) is 9.59 Å². The molecule has 2 aromatic heterocycles. The monoisotopic (exact) mass is 648 g/mol. The van der Waals surface area contributed by atoms with Crippen LogP contribution in [0.3, 0.4) is 0 Å². The second-order valence-electron chi connectivity index (χ2n) is 12.7. The lowest BCUT2D eigenvalue weighted by Gasteiger charge is -2.33.